The molecule has 1 heterocycles. The van der Waals surface area contributed by atoms with E-state index in [1.165, 1.54) is 0 Å². The first-order valence-electron chi connectivity index (χ1n) is 6.98. The molecule has 1 saturated heterocycles. The van der Waals surface area contributed by atoms with Crippen molar-refractivity contribution < 1.29 is 14.2 Å². The molecular weight excluding hydrogens is 256 g/mol. The Morgan fingerprint density at radius 2 is 1.90 bits per heavy atom. The Morgan fingerprint density at radius 1 is 1.20 bits per heavy atom. The summed E-state index contributed by atoms with van der Waals surface area (Å²) < 4.78 is 16.5. The van der Waals surface area contributed by atoms with Gasteiger partial charge < -0.3 is 19.9 Å². The number of ether oxygens (including phenoxy) is 3. The summed E-state index contributed by atoms with van der Waals surface area (Å²) in [6.07, 6.45) is 2.18. The number of amidine groups is 1. The van der Waals surface area contributed by atoms with Crippen molar-refractivity contribution >= 4 is 5.84 Å². The molecule has 1 aliphatic rings. The molecule has 0 amide bonds. The van der Waals surface area contributed by atoms with Crippen LogP contribution >= 0.6 is 0 Å². The maximum atomic E-state index is 7.30. The summed E-state index contributed by atoms with van der Waals surface area (Å²) in [5.41, 5.74) is 6.09. The van der Waals surface area contributed by atoms with E-state index >= 15 is 0 Å². The van der Waals surface area contributed by atoms with Crippen LogP contribution in [0.15, 0.2) is 24.3 Å². The lowest BCUT2D eigenvalue weighted by Crippen LogP contribution is -2.21. The Bertz CT molecular complexity index is 414. The number of rotatable bonds is 7. The Kier molecular flexibility index (Phi) is 5.83. The standard InChI is InChI=1S/C15H22N2O3/c16-15(17)13-1-3-14(4-2-13)20-10-9-19-11-12-5-7-18-8-6-12/h1-4,12H,5-11H2,(H3,16,17). The van der Waals surface area contributed by atoms with E-state index in [1.54, 1.807) is 12.1 Å². The monoisotopic (exact) mass is 278 g/mol. The lowest BCUT2D eigenvalue weighted by molar-refractivity contribution is 0.0139. The van der Waals surface area contributed by atoms with Gasteiger partial charge in [0.1, 0.15) is 18.2 Å². The number of hydrogen-bond acceptors (Lipinski definition) is 4. The fraction of sp³-hybridized carbons (Fsp3) is 0.533. The molecule has 0 aliphatic carbocycles. The summed E-state index contributed by atoms with van der Waals surface area (Å²) in [4.78, 5) is 0. The van der Waals surface area contributed by atoms with Crippen LogP contribution in [0.3, 0.4) is 0 Å². The molecule has 0 atom stereocenters. The normalized spacial score (nSPS) is 16.0. The van der Waals surface area contributed by atoms with Crippen molar-refractivity contribution in [2.24, 2.45) is 11.7 Å². The van der Waals surface area contributed by atoms with Crippen molar-refractivity contribution in [2.45, 2.75) is 12.8 Å². The van der Waals surface area contributed by atoms with Crippen molar-refractivity contribution in [3.63, 3.8) is 0 Å². The van der Waals surface area contributed by atoms with Crippen molar-refractivity contribution in [1.82, 2.24) is 0 Å². The van der Waals surface area contributed by atoms with Crippen LogP contribution in [0.1, 0.15) is 18.4 Å². The minimum atomic E-state index is 0.0661. The van der Waals surface area contributed by atoms with Crippen LogP contribution in [0.25, 0.3) is 0 Å². The zero-order valence-corrected chi connectivity index (χ0v) is 11.6. The molecule has 0 aromatic heterocycles. The number of hydrogen-bond donors (Lipinski definition) is 2. The highest BCUT2D eigenvalue weighted by Gasteiger charge is 2.13. The summed E-state index contributed by atoms with van der Waals surface area (Å²) in [5, 5.41) is 7.30. The lowest BCUT2D eigenvalue weighted by Gasteiger charge is -2.21. The van der Waals surface area contributed by atoms with E-state index in [-0.39, 0.29) is 5.84 Å². The maximum absolute atomic E-state index is 7.30. The third-order valence-corrected chi connectivity index (χ3v) is 3.36. The highest BCUT2D eigenvalue weighted by molar-refractivity contribution is 5.94. The Labute approximate surface area is 119 Å². The van der Waals surface area contributed by atoms with Crippen LogP contribution in [0.4, 0.5) is 0 Å². The fourth-order valence-electron chi connectivity index (χ4n) is 2.11. The number of benzene rings is 1. The third-order valence-electron chi connectivity index (χ3n) is 3.36. The molecule has 1 fully saturated rings. The predicted octanol–water partition coefficient (Wildman–Crippen LogP) is 1.79. The number of nitrogens with two attached hydrogens (primary N) is 1. The molecule has 0 saturated carbocycles. The van der Waals surface area contributed by atoms with Crippen molar-refractivity contribution in [1.29, 1.82) is 5.41 Å². The van der Waals surface area contributed by atoms with Gasteiger partial charge in [-0.05, 0) is 43.0 Å². The smallest absolute Gasteiger partial charge is 0.122 e. The number of nitrogen functional groups attached to an aromatic ring is 1. The van der Waals surface area contributed by atoms with Gasteiger partial charge in [-0.25, -0.2) is 0 Å². The predicted molar refractivity (Wildman–Crippen MR) is 77.3 cm³/mol. The van der Waals surface area contributed by atoms with Crippen molar-refractivity contribution in [3.05, 3.63) is 29.8 Å². The van der Waals surface area contributed by atoms with Gasteiger partial charge in [0.25, 0.3) is 0 Å². The van der Waals surface area contributed by atoms with Crippen LogP contribution in [-0.2, 0) is 9.47 Å². The van der Waals surface area contributed by atoms with E-state index in [4.69, 9.17) is 25.4 Å². The van der Waals surface area contributed by atoms with Gasteiger partial charge in [-0.3, -0.25) is 5.41 Å². The summed E-state index contributed by atoms with van der Waals surface area (Å²) in [7, 11) is 0. The van der Waals surface area contributed by atoms with E-state index in [1.807, 2.05) is 12.1 Å². The molecule has 1 aromatic rings. The fourth-order valence-corrected chi connectivity index (χ4v) is 2.11. The second-order valence-corrected chi connectivity index (χ2v) is 4.92. The Hall–Kier alpha value is -1.59. The average molecular weight is 278 g/mol. The van der Waals surface area contributed by atoms with E-state index < -0.39 is 0 Å². The summed E-state index contributed by atoms with van der Waals surface area (Å²) in [6.45, 7) is 3.62. The van der Waals surface area contributed by atoms with E-state index in [0.717, 1.165) is 38.4 Å². The molecule has 5 heteroatoms. The highest BCUT2D eigenvalue weighted by Crippen LogP contribution is 2.15. The molecule has 20 heavy (non-hydrogen) atoms. The van der Waals surface area contributed by atoms with Crippen LogP contribution in [0.2, 0.25) is 0 Å². The largest absolute Gasteiger partial charge is 0.491 e. The molecule has 1 aliphatic heterocycles. The van der Waals surface area contributed by atoms with Gasteiger partial charge in [-0.2, -0.15) is 0 Å². The number of nitrogens with one attached hydrogen (secondary N) is 1. The highest BCUT2D eigenvalue weighted by atomic mass is 16.5. The molecule has 5 nitrogen and oxygen atoms in total. The van der Waals surface area contributed by atoms with E-state index in [9.17, 15) is 0 Å². The molecule has 2 rings (SSSR count). The minimum Gasteiger partial charge on any atom is -0.491 e. The molecule has 0 radical (unpaired) electrons. The van der Waals surface area contributed by atoms with E-state index in [0.29, 0.717) is 24.7 Å². The molecule has 0 unspecified atom stereocenters. The molecule has 0 spiro atoms. The molecule has 1 aromatic carbocycles. The average Bonchev–Trinajstić information content (AvgIpc) is 2.48. The molecule has 110 valence electrons. The van der Waals surface area contributed by atoms with Crippen LogP contribution < -0.4 is 10.5 Å². The second kappa shape index (κ2) is 7.87. The minimum absolute atomic E-state index is 0.0661. The van der Waals surface area contributed by atoms with Crippen molar-refractivity contribution in [2.75, 3.05) is 33.0 Å². The van der Waals surface area contributed by atoms with Gasteiger partial charge in [0.2, 0.25) is 0 Å². The summed E-state index contributed by atoms with van der Waals surface area (Å²) in [5.74, 6) is 1.46. The van der Waals surface area contributed by atoms with Crippen LogP contribution in [0.5, 0.6) is 5.75 Å². The lowest BCUT2D eigenvalue weighted by atomic mass is 10.0. The molecular formula is C15H22N2O3. The first-order valence-corrected chi connectivity index (χ1v) is 6.98. The quantitative estimate of drug-likeness (QED) is 0.453. The van der Waals surface area contributed by atoms with Gasteiger partial charge in [0, 0.05) is 25.4 Å². The van der Waals surface area contributed by atoms with Crippen LogP contribution in [-0.4, -0.2) is 38.9 Å². The zero-order valence-electron chi connectivity index (χ0n) is 11.6. The van der Waals surface area contributed by atoms with Gasteiger partial charge in [-0.1, -0.05) is 0 Å². The van der Waals surface area contributed by atoms with Gasteiger partial charge >= 0.3 is 0 Å². The van der Waals surface area contributed by atoms with Gasteiger partial charge in [0.15, 0.2) is 0 Å². The van der Waals surface area contributed by atoms with Gasteiger partial charge in [0.05, 0.1) is 6.61 Å². The maximum Gasteiger partial charge on any atom is 0.122 e. The third kappa shape index (κ3) is 4.83. The van der Waals surface area contributed by atoms with Gasteiger partial charge in [-0.15, -0.1) is 0 Å². The van der Waals surface area contributed by atoms with E-state index in [2.05, 4.69) is 0 Å². The first-order chi connectivity index (χ1) is 9.75. The summed E-state index contributed by atoms with van der Waals surface area (Å²) in [6, 6.07) is 7.19. The first kappa shape index (κ1) is 14.8. The molecule has 3 N–H and O–H groups in total. The summed E-state index contributed by atoms with van der Waals surface area (Å²) >= 11 is 0. The topological polar surface area (TPSA) is 77.6 Å². The Balaban J connectivity index is 1.59. The zero-order chi connectivity index (χ0) is 14.2. The second-order valence-electron chi connectivity index (χ2n) is 4.92. The Morgan fingerprint density at radius 3 is 2.55 bits per heavy atom. The van der Waals surface area contributed by atoms with Crippen molar-refractivity contribution in [3.8, 4) is 5.75 Å². The molecule has 0 bridgehead atoms. The van der Waals surface area contributed by atoms with Crippen LogP contribution in [0, 0.1) is 11.3 Å². The SMILES string of the molecule is N=C(N)c1ccc(OCCOCC2CCOCC2)cc1.